The van der Waals surface area contributed by atoms with Gasteiger partial charge in [0.15, 0.2) is 0 Å². The number of anilines is 1. The van der Waals surface area contributed by atoms with E-state index in [0.29, 0.717) is 0 Å². The van der Waals surface area contributed by atoms with Crippen molar-refractivity contribution in [1.82, 2.24) is 4.90 Å². The molecule has 1 heterocycles. The van der Waals surface area contributed by atoms with Crippen LogP contribution in [0.1, 0.15) is 10.4 Å². The number of hydrogen-bond acceptors (Lipinski definition) is 2. The van der Waals surface area contributed by atoms with Crippen molar-refractivity contribution in [1.29, 1.82) is 0 Å². The van der Waals surface area contributed by atoms with Gasteiger partial charge in [-0.15, -0.1) is 12.4 Å². The van der Waals surface area contributed by atoms with E-state index in [4.69, 9.17) is 0 Å². The number of hydrogen-bond donors (Lipinski definition) is 0. The molecule has 3 rings (SSSR count). The number of rotatable bonds is 2. The monoisotopic (exact) mass is 428 g/mol. The summed E-state index contributed by atoms with van der Waals surface area (Å²) >= 11 is 2.24. The summed E-state index contributed by atoms with van der Waals surface area (Å²) < 4.78 is 1.10. The van der Waals surface area contributed by atoms with E-state index in [-0.39, 0.29) is 18.3 Å². The molecule has 0 spiro atoms. The number of carbonyl (C=O) groups excluding carboxylic acids is 1. The topological polar surface area (TPSA) is 23.6 Å². The quantitative estimate of drug-likeness (QED) is 0.682. The van der Waals surface area contributed by atoms with Crippen LogP contribution in [0.4, 0.5) is 5.69 Å². The third kappa shape index (κ3) is 3.93. The smallest absolute Gasteiger partial charge is 0.254 e. The van der Waals surface area contributed by atoms with Crippen LogP contribution < -0.4 is 4.90 Å². The molecule has 2 aromatic rings. The summed E-state index contributed by atoms with van der Waals surface area (Å²) in [7, 11) is 0. The molecule has 1 amide bonds. The standard InChI is InChI=1S/C17H17IN2O.ClH/c18-15-6-4-5-14(13-15)17(21)20-11-9-19(10-12-20)16-7-2-1-3-8-16;/h1-8,13H,9-12H2;1H. The molecule has 0 unspecified atom stereocenters. The molecule has 2 aromatic carbocycles. The van der Waals surface area contributed by atoms with E-state index >= 15 is 0 Å². The molecule has 1 aliphatic heterocycles. The Kier molecular flexibility index (Phi) is 6.08. The highest BCUT2D eigenvalue weighted by Gasteiger charge is 2.22. The van der Waals surface area contributed by atoms with E-state index in [0.717, 1.165) is 35.3 Å². The van der Waals surface area contributed by atoms with E-state index in [1.807, 2.05) is 35.2 Å². The second-order valence-corrected chi connectivity index (χ2v) is 6.37. The summed E-state index contributed by atoms with van der Waals surface area (Å²) in [5.41, 5.74) is 2.02. The predicted octanol–water partition coefficient (Wildman–Crippen LogP) is 3.68. The highest BCUT2D eigenvalue weighted by atomic mass is 127. The van der Waals surface area contributed by atoms with Crippen LogP contribution in [-0.4, -0.2) is 37.0 Å². The van der Waals surface area contributed by atoms with Crippen molar-refractivity contribution in [3.05, 3.63) is 63.7 Å². The van der Waals surface area contributed by atoms with Crippen LogP contribution >= 0.6 is 35.0 Å². The first-order valence-electron chi connectivity index (χ1n) is 7.09. The van der Waals surface area contributed by atoms with E-state index < -0.39 is 0 Å². The molecule has 1 fully saturated rings. The number of nitrogens with zero attached hydrogens (tertiary/aromatic N) is 2. The zero-order chi connectivity index (χ0) is 14.7. The van der Waals surface area contributed by atoms with Gasteiger partial charge in [-0.05, 0) is 52.9 Å². The molecule has 0 N–H and O–H groups in total. The van der Waals surface area contributed by atoms with Crippen LogP contribution in [0.2, 0.25) is 0 Å². The molecule has 1 aliphatic rings. The Hall–Kier alpha value is -1.27. The molecule has 1 saturated heterocycles. The van der Waals surface area contributed by atoms with E-state index in [2.05, 4.69) is 51.8 Å². The maximum absolute atomic E-state index is 12.5. The fourth-order valence-electron chi connectivity index (χ4n) is 2.61. The lowest BCUT2D eigenvalue weighted by molar-refractivity contribution is 0.0746. The Morgan fingerprint density at radius 2 is 1.59 bits per heavy atom. The highest BCUT2D eigenvalue weighted by molar-refractivity contribution is 14.1. The minimum absolute atomic E-state index is 0. The molecule has 22 heavy (non-hydrogen) atoms. The Labute approximate surface area is 150 Å². The van der Waals surface area contributed by atoms with Crippen molar-refractivity contribution in [2.45, 2.75) is 0 Å². The maximum atomic E-state index is 12.5. The van der Waals surface area contributed by atoms with E-state index in [1.165, 1.54) is 5.69 Å². The van der Waals surface area contributed by atoms with Crippen LogP contribution in [0.15, 0.2) is 54.6 Å². The molecule has 0 aromatic heterocycles. The number of carbonyl (C=O) groups is 1. The lowest BCUT2D eigenvalue weighted by atomic mass is 10.1. The molecule has 0 aliphatic carbocycles. The average molecular weight is 429 g/mol. The number of halogens is 2. The second-order valence-electron chi connectivity index (χ2n) is 5.13. The SMILES string of the molecule is Cl.O=C(c1cccc(I)c1)N1CCN(c2ccccc2)CC1. The number of amides is 1. The van der Waals surface area contributed by atoms with Crippen LogP contribution in [0.3, 0.4) is 0 Å². The van der Waals surface area contributed by atoms with Gasteiger partial charge in [0.1, 0.15) is 0 Å². The molecular weight excluding hydrogens is 411 g/mol. The largest absolute Gasteiger partial charge is 0.368 e. The van der Waals surface area contributed by atoms with Crippen LogP contribution in [-0.2, 0) is 0 Å². The first-order valence-corrected chi connectivity index (χ1v) is 8.17. The van der Waals surface area contributed by atoms with Gasteiger partial charge in [0.25, 0.3) is 5.91 Å². The molecule has 0 bridgehead atoms. The van der Waals surface area contributed by atoms with Crippen LogP contribution in [0.25, 0.3) is 0 Å². The van der Waals surface area contributed by atoms with Crippen molar-refractivity contribution < 1.29 is 4.79 Å². The van der Waals surface area contributed by atoms with Gasteiger partial charge in [0, 0.05) is 41.0 Å². The Balaban J connectivity index is 0.00000176. The Bertz CT molecular complexity index is 628. The molecule has 0 atom stereocenters. The first-order chi connectivity index (χ1) is 10.2. The average Bonchev–Trinajstić information content (AvgIpc) is 2.55. The van der Waals surface area contributed by atoms with Crippen LogP contribution in [0, 0.1) is 3.57 Å². The van der Waals surface area contributed by atoms with Gasteiger partial charge in [0.05, 0.1) is 0 Å². The zero-order valence-corrected chi connectivity index (χ0v) is 15.1. The molecule has 0 radical (unpaired) electrons. The van der Waals surface area contributed by atoms with Gasteiger partial charge in [-0.25, -0.2) is 0 Å². The lowest BCUT2D eigenvalue weighted by Crippen LogP contribution is -2.48. The van der Waals surface area contributed by atoms with Crippen molar-refractivity contribution in [2.24, 2.45) is 0 Å². The van der Waals surface area contributed by atoms with Crippen molar-refractivity contribution in [3.63, 3.8) is 0 Å². The van der Waals surface area contributed by atoms with Crippen molar-refractivity contribution in [3.8, 4) is 0 Å². The second kappa shape index (κ2) is 7.83. The lowest BCUT2D eigenvalue weighted by Gasteiger charge is -2.36. The summed E-state index contributed by atoms with van der Waals surface area (Å²) in [5.74, 6) is 0.140. The Morgan fingerprint density at radius 3 is 2.23 bits per heavy atom. The minimum atomic E-state index is 0. The van der Waals surface area contributed by atoms with Gasteiger partial charge in [-0.2, -0.15) is 0 Å². The van der Waals surface area contributed by atoms with Crippen molar-refractivity contribution in [2.75, 3.05) is 31.1 Å². The summed E-state index contributed by atoms with van der Waals surface area (Å²) in [4.78, 5) is 16.8. The third-order valence-corrected chi connectivity index (χ3v) is 4.43. The number of benzene rings is 2. The fourth-order valence-corrected chi connectivity index (χ4v) is 3.15. The third-order valence-electron chi connectivity index (χ3n) is 3.76. The van der Waals surface area contributed by atoms with Gasteiger partial charge < -0.3 is 9.80 Å². The fraction of sp³-hybridized carbons (Fsp3) is 0.235. The van der Waals surface area contributed by atoms with Gasteiger partial charge in [-0.3, -0.25) is 4.79 Å². The molecule has 0 saturated carbocycles. The van der Waals surface area contributed by atoms with Gasteiger partial charge in [0.2, 0.25) is 0 Å². The summed E-state index contributed by atoms with van der Waals surface area (Å²) in [6.45, 7) is 3.33. The molecule has 116 valence electrons. The van der Waals surface area contributed by atoms with E-state index in [9.17, 15) is 4.79 Å². The molecule has 3 nitrogen and oxygen atoms in total. The first kappa shape index (κ1) is 17.1. The molecular formula is C17H18ClIN2O. The molecule has 5 heteroatoms. The summed E-state index contributed by atoms with van der Waals surface area (Å²) in [6.07, 6.45) is 0. The normalized spacial score (nSPS) is 14.4. The maximum Gasteiger partial charge on any atom is 0.254 e. The summed E-state index contributed by atoms with van der Waals surface area (Å²) in [6, 6.07) is 18.2. The Morgan fingerprint density at radius 1 is 0.909 bits per heavy atom. The van der Waals surface area contributed by atoms with Gasteiger partial charge >= 0.3 is 0 Å². The van der Waals surface area contributed by atoms with Crippen molar-refractivity contribution >= 4 is 46.6 Å². The van der Waals surface area contributed by atoms with Gasteiger partial charge in [-0.1, -0.05) is 24.3 Å². The van der Waals surface area contributed by atoms with E-state index in [1.54, 1.807) is 0 Å². The summed E-state index contributed by atoms with van der Waals surface area (Å²) in [5, 5.41) is 0. The zero-order valence-electron chi connectivity index (χ0n) is 12.1. The number of para-hydroxylation sites is 1. The van der Waals surface area contributed by atoms with Crippen LogP contribution in [0.5, 0.6) is 0 Å². The predicted molar refractivity (Wildman–Crippen MR) is 101 cm³/mol. The highest BCUT2D eigenvalue weighted by Crippen LogP contribution is 2.17. The number of piperazine rings is 1. The minimum Gasteiger partial charge on any atom is -0.368 e.